The second kappa shape index (κ2) is 7.12. The molecule has 1 aromatic rings. The molecule has 21 heavy (non-hydrogen) atoms. The highest BCUT2D eigenvalue weighted by Gasteiger charge is 2.32. The first kappa shape index (κ1) is 16.8. The van der Waals surface area contributed by atoms with Crippen LogP contribution in [-0.2, 0) is 11.3 Å². The number of rotatable bonds is 5. The van der Waals surface area contributed by atoms with E-state index in [0.29, 0.717) is 0 Å². The molecule has 3 nitrogen and oxygen atoms in total. The molecule has 1 heterocycles. The third-order valence-corrected chi connectivity index (χ3v) is 4.31. The summed E-state index contributed by atoms with van der Waals surface area (Å²) in [4.78, 5) is 2.42. The minimum absolute atomic E-state index is 0.0988. The van der Waals surface area contributed by atoms with Crippen LogP contribution < -0.4 is 10.2 Å². The van der Waals surface area contributed by atoms with Gasteiger partial charge in [-0.2, -0.15) is 0 Å². The van der Waals surface area contributed by atoms with E-state index in [0.717, 1.165) is 26.2 Å². The predicted molar refractivity (Wildman–Crippen MR) is 93.0 cm³/mol. The Hall–Kier alpha value is -0.580. The van der Waals surface area contributed by atoms with Gasteiger partial charge in [0.25, 0.3) is 0 Å². The fraction of sp³-hybridized carbons (Fsp3) is 0.647. The molecule has 0 aliphatic carbocycles. The Morgan fingerprint density at radius 1 is 1.43 bits per heavy atom. The summed E-state index contributed by atoms with van der Waals surface area (Å²) < 4.78 is 7.16. The molecule has 1 aromatic carbocycles. The molecular formula is C17H27BrN2O. The quantitative estimate of drug-likeness (QED) is 0.810. The first-order valence-corrected chi connectivity index (χ1v) is 8.62. The lowest BCUT2D eigenvalue weighted by Crippen LogP contribution is -2.52. The molecular weight excluding hydrogens is 328 g/mol. The average Bonchev–Trinajstić information content (AvgIpc) is 2.36. The molecule has 0 bridgehead atoms. The molecule has 1 fully saturated rings. The van der Waals surface area contributed by atoms with Crippen molar-refractivity contribution >= 4 is 21.6 Å². The van der Waals surface area contributed by atoms with Crippen molar-refractivity contribution in [2.75, 3.05) is 24.5 Å². The molecule has 118 valence electrons. The third-order valence-electron chi connectivity index (χ3n) is 3.68. The van der Waals surface area contributed by atoms with Gasteiger partial charge < -0.3 is 15.0 Å². The van der Waals surface area contributed by atoms with E-state index >= 15 is 0 Å². The van der Waals surface area contributed by atoms with Crippen LogP contribution in [0.4, 0.5) is 5.69 Å². The Bertz CT molecular complexity index is 476. The number of ether oxygens (including phenoxy) is 1. The average molecular weight is 355 g/mol. The summed E-state index contributed by atoms with van der Waals surface area (Å²) in [6.07, 6.45) is 1.42. The molecule has 0 radical (unpaired) electrons. The number of hydrogen-bond acceptors (Lipinski definition) is 3. The van der Waals surface area contributed by atoms with Gasteiger partial charge in [0.15, 0.2) is 0 Å². The van der Waals surface area contributed by atoms with Crippen molar-refractivity contribution in [3.63, 3.8) is 0 Å². The van der Waals surface area contributed by atoms with Crippen molar-refractivity contribution in [1.82, 2.24) is 5.32 Å². The topological polar surface area (TPSA) is 24.5 Å². The van der Waals surface area contributed by atoms with Crippen LogP contribution in [0.3, 0.4) is 0 Å². The number of hydrogen-bond donors (Lipinski definition) is 1. The maximum absolute atomic E-state index is 5.99. The van der Waals surface area contributed by atoms with E-state index in [9.17, 15) is 0 Å². The van der Waals surface area contributed by atoms with Crippen molar-refractivity contribution < 1.29 is 4.74 Å². The molecule has 1 aliphatic rings. The molecule has 1 aliphatic heterocycles. The third kappa shape index (κ3) is 4.70. The molecule has 0 aromatic heterocycles. The van der Waals surface area contributed by atoms with Gasteiger partial charge in [0.1, 0.15) is 0 Å². The fourth-order valence-electron chi connectivity index (χ4n) is 2.96. The van der Waals surface area contributed by atoms with Crippen molar-refractivity contribution in [3.05, 3.63) is 28.2 Å². The number of nitrogens with zero attached hydrogens (tertiary/aromatic N) is 1. The van der Waals surface area contributed by atoms with Crippen LogP contribution in [0.1, 0.15) is 39.7 Å². The smallest absolute Gasteiger partial charge is 0.0805 e. The van der Waals surface area contributed by atoms with Crippen molar-refractivity contribution in [3.8, 4) is 0 Å². The van der Waals surface area contributed by atoms with Gasteiger partial charge in [-0.25, -0.2) is 0 Å². The summed E-state index contributed by atoms with van der Waals surface area (Å²) in [6, 6.07) is 6.67. The van der Waals surface area contributed by atoms with Crippen LogP contribution in [-0.4, -0.2) is 31.3 Å². The Labute approximate surface area is 137 Å². The summed E-state index contributed by atoms with van der Waals surface area (Å²) in [6.45, 7) is 12.5. The Morgan fingerprint density at radius 2 is 2.19 bits per heavy atom. The Morgan fingerprint density at radius 3 is 2.81 bits per heavy atom. The highest BCUT2D eigenvalue weighted by molar-refractivity contribution is 9.10. The van der Waals surface area contributed by atoms with Crippen LogP contribution in [0.2, 0.25) is 0 Å². The predicted octanol–water partition coefficient (Wildman–Crippen LogP) is 3.95. The standard InChI is InChI=1S/C17H27BrN2O/c1-5-8-19-10-14-6-7-16(15(18)9-14)20-11-13(2)21-17(3,4)12-20/h6-7,9,13,19H,5,8,10-12H2,1-4H3. The van der Waals surface area contributed by atoms with E-state index in [1.54, 1.807) is 0 Å². The van der Waals surface area contributed by atoms with Crippen LogP contribution in [0.25, 0.3) is 0 Å². The Balaban J connectivity index is 2.09. The zero-order valence-electron chi connectivity index (χ0n) is 13.6. The molecule has 1 atom stereocenters. The highest BCUT2D eigenvalue weighted by atomic mass is 79.9. The molecule has 0 saturated carbocycles. The zero-order valence-corrected chi connectivity index (χ0v) is 15.2. The molecule has 0 spiro atoms. The Kier molecular flexibility index (Phi) is 5.69. The number of morpholine rings is 1. The summed E-state index contributed by atoms with van der Waals surface area (Å²) in [5.41, 5.74) is 2.48. The van der Waals surface area contributed by atoms with E-state index in [-0.39, 0.29) is 11.7 Å². The number of halogens is 1. The van der Waals surface area contributed by atoms with Crippen LogP contribution >= 0.6 is 15.9 Å². The van der Waals surface area contributed by atoms with Gasteiger partial charge in [-0.1, -0.05) is 13.0 Å². The molecule has 0 amide bonds. The SMILES string of the molecule is CCCNCc1ccc(N2CC(C)OC(C)(C)C2)c(Br)c1. The van der Waals surface area contributed by atoms with Gasteiger partial charge >= 0.3 is 0 Å². The monoisotopic (exact) mass is 354 g/mol. The van der Waals surface area contributed by atoms with E-state index in [2.05, 4.69) is 72.0 Å². The van der Waals surface area contributed by atoms with Crippen LogP contribution in [0, 0.1) is 0 Å². The lowest BCUT2D eigenvalue weighted by molar-refractivity contribution is -0.0750. The lowest BCUT2D eigenvalue weighted by atomic mass is 10.0. The molecule has 2 rings (SSSR count). The van der Waals surface area contributed by atoms with Gasteiger partial charge in [0, 0.05) is 24.1 Å². The summed E-state index contributed by atoms with van der Waals surface area (Å²) in [5, 5.41) is 3.44. The minimum Gasteiger partial charge on any atom is -0.369 e. The number of anilines is 1. The van der Waals surface area contributed by atoms with Gasteiger partial charge in [-0.3, -0.25) is 0 Å². The zero-order chi connectivity index (χ0) is 15.5. The van der Waals surface area contributed by atoms with E-state index in [1.807, 2.05) is 0 Å². The van der Waals surface area contributed by atoms with E-state index in [4.69, 9.17) is 4.74 Å². The first-order valence-electron chi connectivity index (χ1n) is 7.83. The summed E-state index contributed by atoms with van der Waals surface area (Å²) >= 11 is 3.74. The maximum Gasteiger partial charge on any atom is 0.0805 e. The van der Waals surface area contributed by atoms with Gasteiger partial charge in [0.05, 0.1) is 17.4 Å². The van der Waals surface area contributed by atoms with Crippen LogP contribution in [0.5, 0.6) is 0 Å². The van der Waals surface area contributed by atoms with E-state index < -0.39 is 0 Å². The van der Waals surface area contributed by atoms with Crippen molar-refractivity contribution in [2.45, 2.75) is 52.4 Å². The van der Waals surface area contributed by atoms with Crippen molar-refractivity contribution in [2.24, 2.45) is 0 Å². The molecule has 1 unspecified atom stereocenters. The first-order chi connectivity index (χ1) is 9.91. The maximum atomic E-state index is 5.99. The van der Waals surface area contributed by atoms with Gasteiger partial charge in [0.2, 0.25) is 0 Å². The summed E-state index contributed by atoms with van der Waals surface area (Å²) in [5.74, 6) is 0. The molecule has 4 heteroatoms. The fourth-order valence-corrected chi connectivity index (χ4v) is 3.64. The normalized spacial score (nSPS) is 21.6. The molecule has 1 N–H and O–H groups in total. The number of benzene rings is 1. The van der Waals surface area contributed by atoms with Gasteiger partial charge in [-0.15, -0.1) is 0 Å². The van der Waals surface area contributed by atoms with Crippen molar-refractivity contribution in [1.29, 1.82) is 0 Å². The van der Waals surface area contributed by atoms with Gasteiger partial charge in [-0.05, 0) is 67.4 Å². The molecule has 1 saturated heterocycles. The van der Waals surface area contributed by atoms with E-state index in [1.165, 1.54) is 22.1 Å². The largest absolute Gasteiger partial charge is 0.369 e. The highest BCUT2D eigenvalue weighted by Crippen LogP contribution is 2.32. The second-order valence-electron chi connectivity index (χ2n) is 6.53. The number of nitrogens with one attached hydrogen (secondary N) is 1. The second-order valence-corrected chi connectivity index (χ2v) is 7.39. The lowest BCUT2D eigenvalue weighted by Gasteiger charge is -2.43. The van der Waals surface area contributed by atoms with Crippen LogP contribution in [0.15, 0.2) is 22.7 Å². The summed E-state index contributed by atoms with van der Waals surface area (Å²) in [7, 11) is 0. The minimum atomic E-state index is -0.0988.